The maximum atomic E-state index is 14.1. The third kappa shape index (κ3) is 2.81. The first kappa shape index (κ1) is 16.6. The molecule has 1 atom stereocenters. The van der Waals surface area contributed by atoms with Gasteiger partial charge in [0.1, 0.15) is 11.7 Å². The van der Waals surface area contributed by atoms with Crippen LogP contribution in [-0.2, 0) is 6.42 Å². The van der Waals surface area contributed by atoms with E-state index in [4.69, 9.17) is 4.42 Å². The topological polar surface area (TPSA) is 72.1 Å². The summed E-state index contributed by atoms with van der Waals surface area (Å²) in [6.45, 7) is 1.12. The van der Waals surface area contributed by atoms with Gasteiger partial charge in [-0.05, 0) is 11.5 Å². The predicted octanol–water partition coefficient (Wildman–Crippen LogP) is 3.40. The quantitative estimate of drug-likeness (QED) is 0.717. The number of halogens is 2. The molecule has 1 fully saturated rings. The van der Waals surface area contributed by atoms with Gasteiger partial charge in [-0.25, -0.2) is 8.78 Å². The number of aryl methyl sites for hydroxylation is 1. The lowest BCUT2D eigenvalue weighted by molar-refractivity contribution is 0.0116. The Morgan fingerprint density at radius 3 is 2.88 bits per heavy atom. The molecular weight excluding hydrogens is 342 g/mol. The zero-order chi connectivity index (χ0) is 18.3. The van der Waals surface area contributed by atoms with E-state index < -0.39 is 30.8 Å². The van der Waals surface area contributed by atoms with E-state index in [2.05, 4.69) is 15.2 Å². The minimum absolute atomic E-state index is 0.0348. The fourth-order valence-corrected chi connectivity index (χ4v) is 3.22. The smallest absolute Gasteiger partial charge is 0.273 e. The highest BCUT2D eigenvalue weighted by Gasteiger charge is 2.50. The van der Waals surface area contributed by atoms with Crippen molar-refractivity contribution in [3.8, 4) is 0 Å². The van der Waals surface area contributed by atoms with Crippen LogP contribution in [-0.4, -0.2) is 38.5 Å². The second-order valence-electron chi connectivity index (χ2n) is 6.28. The molecule has 0 spiro atoms. The van der Waals surface area contributed by atoms with Crippen molar-refractivity contribution >= 4 is 16.7 Å². The molecule has 0 saturated carbocycles. The Balaban J connectivity index is 1.74. The van der Waals surface area contributed by atoms with Crippen LogP contribution in [0, 0.1) is 0 Å². The Bertz CT molecular complexity index is 967. The van der Waals surface area contributed by atoms with Crippen LogP contribution >= 0.6 is 0 Å². The van der Waals surface area contributed by atoms with Crippen molar-refractivity contribution in [1.29, 1.82) is 0 Å². The predicted molar refractivity (Wildman–Crippen MR) is 88.8 cm³/mol. The first-order valence-electron chi connectivity index (χ1n) is 8.33. The molecule has 0 unspecified atom stereocenters. The van der Waals surface area contributed by atoms with Crippen molar-refractivity contribution in [1.82, 2.24) is 20.1 Å². The molecule has 3 heterocycles. The maximum Gasteiger partial charge on any atom is 0.273 e. The number of carbonyl (C=O) groups excluding carboxylic acids is 1. The van der Waals surface area contributed by atoms with E-state index >= 15 is 0 Å². The van der Waals surface area contributed by atoms with Crippen LogP contribution in [0.3, 0.4) is 0 Å². The number of likely N-dealkylation sites (tertiary alicyclic amines) is 1. The van der Waals surface area contributed by atoms with E-state index in [1.165, 1.54) is 6.20 Å². The molecule has 6 nitrogen and oxygen atoms in total. The molecule has 1 aliphatic rings. The van der Waals surface area contributed by atoms with Crippen molar-refractivity contribution in [3.05, 3.63) is 54.0 Å². The summed E-state index contributed by atoms with van der Waals surface area (Å²) >= 11 is 0. The number of hydrogen-bond acceptors (Lipinski definition) is 5. The lowest BCUT2D eigenvalue weighted by Crippen LogP contribution is -2.33. The van der Waals surface area contributed by atoms with Gasteiger partial charge in [-0.1, -0.05) is 31.2 Å². The Kier molecular flexibility index (Phi) is 3.90. The van der Waals surface area contributed by atoms with Gasteiger partial charge in [0, 0.05) is 24.4 Å². The van der Waals surface area contributed by atoms with Gasteiger partial charge in [0.2, 0.25) is 11.8 Å². The first-order chi connectivity index (χ1) is 12.5. The fourth-order valence-electron chi connectivity index (χ4n) is 3.22. The Morgan fingerprint density at radius 2 is 2.12 bits per heavy atom. The number of hydrogen-bond donors (Lipinski definition) is 0. The number of aromatic nitrogens is 3. The highest BCUT2D eigenvalue weighted by atomic mass is 19.3. The fraction of sp³-hybridized carbons (Fsp3) is 0.333. The Hall–Kier alpha value is -2.90. The molecule has 0 bridgehead atoms. The van der Waals surface area contributed by atoms with Crippen molar-refractivity contribution in [2.45, 2.75) is 31.7 Å². The van der Waals surface area contributed by atoms with Gasteiger partial charge >= 0.3 is 0 Å². The van der Waals surface area contributed by atoms with E-state index in [0.717, 1.165) is 10.3 Å². The molecular formula is C18H16F2N4O2. The monoisotopic (exact) mass is 358 g/mol. The van der Waals surface area contributed by atoms with Gasteiger partial charge in [-0.2, -0.15) is 0 Å². The molecule has 134 valence electrons. The van der Waals surface area contributed by atoms with Crippen LogP contribution in [0.5, 0.6) is 0 Å². The standard InChI is InChI=1S/C18H16F2N4O2/c1-2-14-22-23-16(26-14)13-9-18(19,20)10-24(13)17(25)15-12-6-4-3-5-11(12)7-8-21-15/h3-8,13H,2,9-10H2,1H3/t13-/m0/s1. The lowest BCUT2D eigenvalue weighted by atomic mass is 10.1. The summed E-state index contributed by atoms with van der Waals surface area (Å²) in [4.78, 5) is 18.3. The van der Waals surface area contributed by atoms with Crippen LogP contribution < -0.4 is 0 Å². The van der Waals surface area contributed by atoms with Gasteiger partial charge in [0.05, 0.1) is 6.54 Å². The second-order valence-corrected chi connectivity index (χ2v) is 6.28. The Morgan fingerprint density at radius 1 is 1.31 bits per heavy atom. The summed E-state index contributed by atoms with van der Waals surface area (Å²) in [6, 6.07) is 8.02. The highest BCUT2D eigenvalue weighted by Crippen LogP contribution is 2.41. The normalized spacial score (nSPS) is 19.2. The molecule has 3 aromatic rings. The Labute approximate surface area is 147 Å². The van der Waals surface area contributed by atoms with Gasteiger partial charge in [-0.15, -0.1) is 10.2 Å². The molecule has 8 heteroatoms. The van der Waals surface area contributed by atoms with Gasteiger partial charge in [0.15, 0.2) is 0 Å². The third-order valence-corrected chi connectivity index (χ3v) is 4.48. The summed E-state index contributed by atoms with van der Waals surface area (Å²) in [5.74, 6) is -3.20. The SMILES string of the molecule is CCc1nnc([C@@H]2CC(F)(F)CN2C(=O)c2nccc3ccccc23)o1. The third-order valence-electron chi connectivity index (χ3n) is 4.48. The zero-order valence-electron chi connectivity index (χ0n) is 14.0. The van der Waals surface area contributed by atoms with E-state index in [0.29, 0.717) is 17.7 Å². The average molecular weight is 358 g/mol. The number of benzene rings is 1. The average Bonchev–Trinajstić information content (AvgIpc) is 3.24. The second kappa shape index (κ2) is 6.12. The van der Waals surface area contributed by atoms with Gasteiger partial charge in [-0.3, -0.25) is 9.78 Å². The molecule has 0 radical (unpaired) electrons. The molecule has 2 aromatic heterocycles. The van der Waals surface area contributed by atoms with E-state index in [1.807, 2.05) is 19.1 Å². The highest BCUT2D eigenvalue weighted by molar-refractivity contribution is 6.05. The summed E-state index contributed by atoms with van der Waals surface area (Å²) in [6.07, 6.45) is 1.45. The zero-order valence-corrected chi connectivity index (χ0v) is 14.0. The molecule has 1 amide bonds. The van der Waals surface area contributed by atoms with E-state index in [9.17, 15) is 13.6 Å². The van der Waals surface area contributed by atoms with Crippen LogP contribution in [0.2, 0.25) is 0 Å². The molecule has 1 aliphatic heterocycles. The van der Waals surface area contributed by atoms with E-state index in [-0.39, 0.29) is 11.6 Å². The summed E-state index contributed by atoms with van der Waals surface area (Å²) in [5, 5.41) is 9.13. The summed E-state index contributed by atoms with van der Waals surface area (Å²) in [5.41, 5.74) is 0.140. The minimum atomic E-state index is -3.02. The number of carbonyl (C=O) groups is 1. The number of alkyl halides is 2. The van der Waals surface area contributed by atoms with Gasteiger partial charge < -0.3 is 9.32 Å². The molecule has 1 saturated heterocycles. The molecule has 26 heavy (non-hydrogen) atoms. The minimum Gasteiger partial charge on any atom is -0.423 e. The van der Waals surface area contributed by atoms with Crippen LogP contribution in [0.15, 0.2) is 40.9 Å². The molecule has 0 aliphatic carbocycles. The summed E-state index contributed by atoms with van der Waals surface area (Å²) < 4.78 is 33.7. The van der Waals surface area contributed by atoms with Gasteiger partial charge in [0.25, 0.3) is 11.8 Å². The molecule has 0 N–H and O–H groups in total. The van der Waals surface area contributed by atoms with E-state index in [1.54, 1.807) is 18.2 Å². The first-order valence-corrected chi connectivity index (χ1v) is 8.33. The maximum absolute atomic E-state index is 14.1. The largest absolute Gasteiger partial charge is 0.423 e. The van der Waals surface area contributed by atoms with Crippen LogP contribution in [0.4, 0.5) is 8.78 Å². The number of rotatable bonds is 3. The van der Waals surface area contributed by atoms with Crippen molar-refractivity contribution in [3.63, 3.8) is 0 Å². The van der Waals surface area contributed by atoms with Crippen LogP contribution in [0.1, 0.15) is 41.7 Å². The number of nitrogens with zero attached hydrogens (tertiary/aromatic N) is 4. The van der Waals surface area contributed by atoms with Crippen molar-refractivity contribution < 1.29 is 18.0 Å². The summed E-state index contributed by atoms with van der Waals surface area (Å²) in [7, 11) is 0. The van der Waals surface area contributed by atoms with Crippen molar-refractivity contribution in [2.24, 2.45) is 0 Å². The molecule has 1 aromatic carbocycles. The molecule has 4 rings (SSSR count). The number of pyridine rings is 1. The van der Waals surface area contributed by atoms with Crippen LogP contribution in [0.25, 0.3) is 10.8 Å². The lowest BCUT2D eigenvalue weighted by Gasteiger charge is -2.21. The van der Waals surface area contributed by atoms with Crippen molar-refractivity contribution in [2.75, 3.05) is 6.54 Å². The number of amides is 1. The number of fused-ring (bicyclic) bond motifs is 1.